The molecule has 0 saturated carbocycles. The van der Waals surface area contributed by atoms with Gasteiger partial charge in [-0.1, -0.05) is 20.8 Å². The summed E-state index contributed by atoms with van der Waals surface area (Å²) in [5.74, 6) is 3.24. The molecule has 1 atom stereocenters. The third-order valence-electron chi connectivity index (χ3n) is 2.28. The van der Waals surface area contributed by atoms with Gasteiger partial charge in [0.25, 0.3) is 0 Å². The number of hydrogen-bond donors (Lipinski definition) is 1. The molecule has 16 heavy (non-hydrogen) atoms. The fraction of sp³-hybridized carbons (Fsp3) is 0.667. The molecular weight excluding hydrogens is 222 g/mol. The van der Waals surface area contributed by atoms with Crippen LogP contribution in [-0.4, -0.2) is 22.4 Å². The summed E-state index contributed by atoms with van der Waals surface area (Å²) >= 11 is 5.76. The van der Waals surface area contributed by atoms with Gasteiger partial charge in [-0.15, -0.1) is 11.6 Å². The Morgan fingerprint density at radius 2 is 2.00 bits per heavy atom. The van der Waals surface area contributed by atoms with Crippen LogP contribution in [0.1, 0.15) is 38.2 Å². The number of anilines is 1. The lowest BCUT2D eigenvalue weighted by Crippen LogP contribution is -2.14. The molecule has 1 aromatic heterocycles. The maximum atomic E-state index is 5.76. The molecule has 1 N–H and O–H groups in total. The summed E-state index contributed by atoms with van der Waals surface area (Å²) in [5, 5.41) is 3.30. The van der Waals surface area contributed by atoms with Crippen LogP contribution < -0.4 is 5.32 Å². The Balaban J connectivity index is 2.72. The van der Waals surface area contributed by atoms with Crippen LogP contribution in [0.25, 0.3) is 0 Å². The van der Waals surface area contributed by atoms with E-state index in [1.807, 2.05) is 13.0 Å². The van der Waals surface area contributed by atoms with Gasteiger partial charge in [0.05, 0.1) is 0 Å². The van der Waals surface area contributed by atoms with Crippen molar-refractivity contribution in [2.24, 2.45) is 5.92 Å². The molecule has 4 heteroatoms. The van der Waals surface area contributed by atoms with Crippen LogP contribution in [0.2, 0.25) is 0 Å². The Hall–Kier alpha value is -0.830. The maximum Gasteiger partial charge on any atom is 0.133 e. The van der Waals surface area contributed by atoms with Gasteiger partial charge in [-0.25, -0.2) is 9.97 Å². The number of alkyl halides is 1. The summed E-state index contributed by atoms with van der Waals surface area (Å²) in [6, 6.07) is 1.97. The van der Waals surface area contributed by atoms with Crippen molar-refractivity contribution >= 4 is 17.4 Å². The summed E-state index contributed by atoms with van der Waals surface area (Å²) in [6.45, 7) is 9.14. The molecule has 0 fully saturated rings. The van der Waals surface area contributed by atoms with E-state index in [2.05, 4.69) is 36.1 Å². The van der Waals surface area contributed by atoms with Crippen LogP contribution in [-0.2, 0) is 0 Å². The summed E-state index contributed by atoms with van der Waals surface area (Å²) in [5.41, 5.74) is 1.000. The molecule has 0 radical (unpaired) electrons. The second-order valence-corrected chi connectivity index (χ2v) is 4.86. The van der Waals surface area contributed by atoms with Crippen LogP contribution in [0.15, 0.2) is 6.07 Å². The molecule has 0 aromatic carbocycles. The summed E-state index contributed by atoms with van der Waals surface area (Å²) < 4.78 is 0. The van der Waals surface area contributed by atoms with Crippen molar-refractivity contribution in [3.63, 3.8) is 0 Å². The molecule has 0 spiro atoms. The van der Waals surface area contributed by atoms with Gasteiger partial charge in [-0.3, -0.25) is 0 Å². The van der Waals surface area contributed by atoms with Gasteiger partial charge < -0.3 is 5.32 Å². The van der Waals surface area contributed by atoms with E-state index in [4.69, 9.17) is 11.6 Å². The van der Waals surface area contributed by atoms with Crippen molar-refractivity contribution in [1.29, 1.82) is 0 Å². The van der Waals surface area contributed by atoms with Gasteiger partial charge in [0.1, 0.15) is 11.6 Å². The molecule has 0 saturated heterocycles. The fourth-order valence-corrected chi connectivity index (χ4v) is 1.38. The van der Waals surface area contributed by atoms with Crippen molar-refractivity contribution < 1.29 is 0 Å². The molecule has 1 rings (SSSR count). The molecule has 0 aliphatic rings. The Morgan fingerprint density at radius 3 is 2.56 bits per heavy atom. The molecule has 3 nitrogen and oxygen atoms in total. The molecule has 0 aliphatic carbocycles. The normalized spacial score (nSPS) is 12.9. The maximum absolute atomic E-state index is 5.76. The van der Waals surface area contributed by atoms with Gasteiger partial charge >= 0.3 is 0 Å². The number of aryl methyl sites for hydroxylation is 1. The van der Waals surface area contributed by atoms with Crippen molar-refractivity contribution in [3.05, 3.63) is 17.6 Å². The lowest BCUT2D eigenvalue weighted by Gasteiger charge is -2.12. The standard InChI is InChI=1S/C12H20ClN3/c1-8(2)12-15-10(4)5-11(16-12)14-7-9(3)6-13/h5,8-9H,6-7H2,1-4H3,(H,14,15,16). The molecule has 1 aromatic rings. The Kier molecular flexibility index (Phi) is 5.00. The molecule has 0 amide bonds. The van der Waals surface area contributed by atoms with Gasteiger partial charge in [-0.2, -0.15) is 0 Å². The number of nitrogens with one attached hydrogen (secondary N) is 1. The second-order valence-electron chi connectivity index (χ2n) is 4.55. The first-order valence-electron chi connectivity index (χ1n) is 5.68. The van der Waals surface area contributed by atoms with E-state index in [0.717, 1.165) is 23.9 Å². The molecular formula is C12H20ClN3. The van der Waals surface area contributed by atoms with Crippen LogP contribution in [0.4, 0.5) is 5.82 Å². The highest BCUT2D eigenvalue weighted by Gasteiger charge is 2.06. The molecule has 90 valence electrons. The minimum absolute atomic E-state index is 0.353. The monoisotopic (exact) mass is 241 g/mol. The fourth-order valence-electron chi connectivity index (χ4n) is 1.27. The van der Waals surface area contributed by atoms with E-state index >= 15 is 0 Å². The van der Waals surface area contributed by atoms with E-state index in [-0.39, 0.29) is 0 Å². The van der Waals surface area contributed by atoms with Crippen LogP contribution in [0.5, 0.6) is 0 Å². The van der Waals surface area contributed by atoms with E-state index < -0.39 is 0 Å². The SMILES string of the molecule is Cc1cc(NCC(C)CCl)nc(C(C)C)n1. The Morgan fingerprint density at radius 1 is 1.31 bits per heavy atom. The second kappa shape index (κ2) is 6.04. The molecule has 0 aliphatic heterocycles. The number of nitrogens with zero attached hydrogens (tertiary/aromatic N) is 2. The first kappa shape index (κ1) is 13.2. The topological polar surface area (TPSA) is 37.8 Å². The summed E-state index contributed by atoms with van der Waals surface area (Å²) in [6.07, 6.45) is 0. The minimum Gasteiger partial charge on any atom is -0.370 e. The first-order valence-corrected chi connectivity index (χ1v) is 6.21. The number of aromatic nitrogens is 2. The highest BCUT2D eigenvalue weighted by atomic mass is 35.5. The van der Waals surface area contributed by atoms with Crippen molar-refractivity contribution in [1.82, 2.24) is 9.97 Å². The summed E-state index contributed by atoms with van der Waals surface area (Å²) in [4.78, 5) is 8.88. The van der Waals surface area contributed by atoms with Crippen molar-refractivity contribution in [2.45, 2.75) is 33.6 Å². The number of halogens is 1. The number of rotatable bonds is 5. The lowest BCUT2D eigenvalue weighted by atomic mass is 10.2. The zero-order chi connectivity index (χ0) is 12.1. The van der Waals surface area contributed by atoms with Crippen LogP contribution in [0, 0.1) is 12.8 Å². The smallest absolute Gasteiger partial charge is 0.133 e. The predicted molar refractivity (Wildman–Crippen MR) is 69.2 cm³/mol. The zero-order valence-electron chi connectivity index (χ0n) is 10.4. The highest BCUT2D eigenvalue weighted by Crippen LogP contribution is 2.14. The molecule has 0 bridgehead atoms. The van der Waals surface area contributed by atoms with Gasteiger partial charge in [0.2, 0.25) is 0 Å². The zero-order valence-corrected chi connectivity index (χ0v) is 11.2. The van der Waals surface area contributed by atoms with Gasteiger partial charge in [-0.05, 0) is 12.8 Å². The number of hydrogen-bond acceptors (Lipinski definition) is 3. The van der Waals surface area contributed by atoms with E-state index in [1.54, 1.807) is 0 Å². The van der Waals surface area contributed by atoms with E-state index in [9.17, 15) is 0 Å². The Labute approximate surface area is 103 Å². The van der Waals surface area contributed by atoms with Gasteiger partial charge in [0.15, 0.2) is 0 Å². The predicted octanol–water partition coefficient (Wildman–Crippen LogP) is 3.20. The van der Waals surface area contributed by atoms with Crippen molar-refractivity contribution in [3.8, 4) is 0 Å². The minimum atomic E-state index is 0.353. The van der Waals surface area contributed by atoms with Crippen LogP contribution >= 0.6 is 11.6 Å². The lowest BCUT2D eigenvalue weighted by molar-refractivity contribution is 0.691. The largest absolute Gasteiger partial charge is 0.370 e. The van der Waals surface area contributed by atoms with E-state index in [1.165, 1.54) is 0 Å². The third-order valence-corrected chi connectivity index (χ3v) is 2.81. The Bertz CT molecular complexity index is 339. The van der Waals surface area contributed by atoms with E-state index in [0.29, 0.717) is 17.7 Å². The molecule has 1 unspecified atom stereocenters. The van der Waals surface area contributed by atoms with Crippen molar-refractivity contribution in [2.75, 3.05) is 17.7 Å². The van der Waals surface area contributed by atoms with Crippen LogP contribution in [0.3, 0.4) is 0 Å². The average molecular weight is 242 g/mol. The third kappa shape index (κ3) is 3.97. The summed E-state index contributed by atoms with van der Waals surface area (Å²) in [7, 11) is 0. The first-order chi connectivity index (χ1) is 7.52. The molecule has 1 heterocycles. The highest BCUT2D eigenvalue weighted by molar-refractivity contribution is 6.18. The van der Waals surface area contributed by atoms with Gasteiger partial charge in [0, 0.05) is 30.1 Å². The average Bonchev–Trinajstić information content (AvgIpc) is 2.25. The quantitative estimate of drug-likeness (QED) is 0.805.